The first-order chi connectivity index (χ1) is 7.89. The van der Waals surface area contributed by atoms with Crippen LogP contribution in [0.1, 0.15) is 48.7 Å². The van der Waals surface area contributed by atoms with Crippen LogP contribution in [0.5, 0.6) is 0 Å². The van der Waals surface area contributed by atoms with Gasteiger partial charge in [0, 0.05) is 10.6 Å². The Morgan fingerprint density at radius 1 is 1.41 bits per heavy atom. The second-order valence-electron chi connectivity index (χ2n) is 4.32. The van der Waals surface area contributed by atoms with E-state index in [1.165, 1.54) is 11.3 Å². The molecule has 0 aromatic carbocycles. The van der Waals surface area contributed by atoms with Gasteiger partial charge in [-0.05, 0) is 12.3 Å². The highest BCUT2D eigenvalue weighted by atomic mass is 32.2. The molecule has 0 aliphatic rings. The molecule has 0 saturated heterocycles. The lowest BCUT2D eigenvalue weighted by molar-refractivity contribution is 0.593. The molecule has 1 aromatic heterocycles. The SMILES string of the molecule is CCCS(=O)(=O)Cc1nc(C(C)C)c(CS)s1. The molecule has 6 heteroatoms. The molecule has 0 N–H and O–H groups in total. The van der Waals surface area contributed by atoms with E-state index in [1.807, 2.05) is 6.92 Å². The van der Waals surface area contributed by atoms with Crippen LogP contribution < -0.4 is 0 Å². The molecular formula is C11H19NO2S3. The summed E-state index contributed by atoms with van der Waals surface area (Å²) in [5.74, 6) is 1.24. The van der Waals surface area contributed by atoms with Crippen LogP contribution >= 0.6 is 24.0 Å². The lowest BCUT2D eigenvalue weighted by Gasteiger charge is -2.01. The van der Waals surface area contributed by atoms with E-state index in [1.54, 1.807) is 0 Å². The quantitative estimate of drug-likeness (QED) is 0.820. The second-order valence-corrected chi connectivity index (χ2v) is 7.99. The fourth-order valence-electron chi connectivity index (χ4n) is 1.61. The van der Waals surface area contributed by atoms with Crippen LogP contribution in [0.25, 0.3) is 0 Å². The number of hydrogen-bond acceptors (Lipinski definition) is 5. The summed E-state index contributed by atoms with van der Waals surface area (Å²) in [5, 5.41) is 0.700. The van der Waals surface area contributed by atoms with Gasteiger partial charge in [-0.3, -0.25) is 0 Å². The van der Waals surface area contributed by atoms with E-state index in [9.17, 15) is 8.42 Å². The van der Waals surface area contributed by atoms with E-state index < -0.39 is 9.84 Å². The Balaban J connectivity index is 2.94. The van der Waals surface area contributed by atoms with Crippen LogP contribution in [-0.2, 0) is 21.3 Å². The summed E-state index contributed by atoms with van der Waals surface area (Å²) >= 11 is 5.74. The van der Waals surface area contributed by atoms with Crippen LogP contribution in [0.15, 0.2) is 0 Å². The maximum Gasteiger partial charge on any atom is 0.156 e. The predicted octanol–water partition coefficient (Wildman–Crippen LogP) is 3.02. The summed E-state index contributed by atoms with van der Waals surface area (Å²) in [6.07, 6.45) is 0.657. The Labute approximate surface area is 113 Å². The lowest BCUT2D eigenvalue weighted by atomic mass is 10.1. The zero-order valence-corrected chi connectivity index (χ0v) is 13.0. The maximum atomic E-state index is 11.7. The molecular weight excluding hydrogens is 274 g/mol. The number of sulfone groups is 1. The molecule has 0 bridgehead atoms. The Morgan fingerprint density at radius 2 is 2.06 bits per heavy atom. The van der Waals surface area contributed by atoms with Gasteiger partial charge in [0.1, 0.15) is 10.8 Å². The molecule has 0 saturated carbocycles. The van der Waals surface area contributed by atoms with E-state index in [-0.39, 0.29) is 11.5 Å². The Morgan fingerprint density at radius 3 is 2.47 bits per heavy atom. The zero-order chi connectivity index (χ0) is 13.1. The standard InChI is InChI=1S/C11H19NO2S3/c1-4-5-17(13,14)7-10-12-11(8(2)3)9(6-15)16-10/h8,15H,4-7H2,1-3H3. The first-order valence-corrected chi connectivity index (χ1v) is 8.96. The highest BCUT2D eigenvalue weighted by molar-refractivity contribution is 7.90. The fraction of sp³-hybridized carbons (Fsp3) is 0.727. The summed E-state index contributed by atoms with van der Waals surface area (Å²) in [7, 11) is -3.00. The van der Waals surface area contributed by atoms with Crippen LogP contribution in [0.4, 0.5) is 0 Å². The van der Waals surface area contributed by atoms with E-state index >= 15 is 0 Å². The molecule has 0 unspecified atom stereocenters. The molecule has 1 aromatic rings. The third-order valence-electron chi connectivity index (χ3n) is 2.32. The van der Waals surface area contributed by atoms with Crippen LogP contribution in [0.2, 0.25) is 0 Å². The number of aromatic nitrogens is 1. The monoisotopic (exact) mass is 293 g/mol. The molecule has 98 valence electrons. The minimum Gasteiger partial charge on any atom is -0.245 e. The van der Waals surface area contributed by atoms with Crippen molar-refractivity contribution in [3.05, 3.63) is 15.6 Å². The van der Waals surface area contributed by atoms with Crippen molar-refractivity contribution < 1.29 is 8.42 Å². The second kappa shape index (κ2) is 6.20. The largest absolute Gasteiger partial charge is 0.245 e. The van der Waals surface area contributed by atoms with Gasteiger partial charge in [0.2, 0.25) is 0 Å². The van der Waals surface area contributed by atoms with E-state index in [0.717, 1.165) is 10.6 Å². The van der Waals surface area contributed by atoms with Gasteiger partial charge in [-0.15, -0.1) is 11.3 Å². The van der Waals surface area contributed by atoms with Crippen molar-refractivity contribution in [2.24, 2.45) is 0 Å². The molecule has 1 rings (SSSR count). The number of nitrogens with zero attached hydrogens (tertiary/aromatic N) is 1. The predicted molar refractivity (Wildman–Crippen MR) is 76.7 cm³/mol. The van der Waals surface area contributed by atoms with E-state index in [4.69, 9.17) is 0 Å². The molecule has 0 atom stereocenters. The van der Waals surface area contributed by atoms with Crippen molar-refractivity contribution in [3.63, 3.8) is 0 Å². The van der Waals surface area contributed by atoms with Crippen LogP contribution in [0.3, 0.4) is 0 Å². The van der Waals surface area contributed by atoms with Crippen LogP contribution in [-0.4, -0.2) is 19.2 Å². The van der Waals surface area contributed by atoms with Crippen molar-refractivity contribution in [2.75, 3.05) is 5.75 Å². The Kier molecular flexibility index (Phi) is 5.47. The van der Waals surface area contributed by atoms with Gasteiger partial charge in [-0.1, -0.05) is 20.8 Å². The van der Waals surface area contributed by atoms with E-state index in [0.29, 0.717) is 23.1 Å². The number of thiazole rings is 1. The molecule has 0 aliphatic heterocycles. The molecule has 1 heterocycles. The molecule has 0 radical (unpaired) electrons. The van der Waals surface area contributed by atoms with Gasteiger partial charge in [-0.2, -0.15) is 12.6 Å². The normalized spacial score (nSPS) is 12.3. The number of thiol groups is 1. The smallest absolute Gasteiger partial charge is 0.156 e. The number of hydrogen-bond donors (Lipinski definition) is 1. The lowest BCUT2D eigenvalue weighted by Crippen LogP contribution is -2.08. The number of rotatable bonds is 6. The topological polar surface area (TPSA) is 47.0 Å². The highest BCUT2D eigenvalue weighted by Gasteiger charge is 2.18. The Hall–Kier alpha value is -0.0700. The van der Waals surface area contributed by atoms with Crippen molar-refractivity contribution in [1.82, 2.24) is 4.98 Å². The minimum absolute atomic E-state index is 0.0685. The van der Waals surface area contributed by atoms with Crippen molar-refractivity contribution in [3.8, 4) is 0 Å². The summed E-state index contributed by atoms with van der Waals surface area (Å²) in [6, 6.07) is 0. The summed E-state index contributed by atoms with van der Waals surface area (Å²) < 4.78 is 23.5. The molecule has 0 aliphatic carbocycles. The first-order valence-electron chi connectivity index (χ1n) is 5.69. The zero-order valence-electron chi connectivity index (χ0n) is 10.4. The average Bonchev–Trinajstić information content (AvgIpc) is 2.59. The van der Waals surface area contributed by atoms with Gasteiger partial charge in [0.15, 0.2) is 9.84 Å². The summed E-state index contributed by atoms with van der Waals surface area (Å²) in [6.45, 7) is 6.00. The van der Waals surface area contributed by atoms with E-state index in [2.05, 4.69) is 31.5 Å². The summed E-state index contributed by atoms with van der Waals surface area (Å²) in [5.41, 5.74) is 0.992. The summed E-state index contributed by atoms with van der Waals surface area (Å²) in [4.78, 5) is 5.53. The third kappa shape index (κ3) is 4.26. The van der Waals surface area contributed by atoms with Gasteiger partial charge in [0.05, 0.1) is 11.4 Å². The van der Waals surface area contributed by atoms with Crippen LogP contribution in [0, 0.1) is 0 Å². The third-order valence-corrected chi connectivity index (χ3v) is 5.85. The molecule has 17 heavy (non-hydrogen) atoms. The Bertz CT molecular complexity index is 463. The molecule has 3 nitrogen and oxygen atoms in total. The van der Waals surface area contributed by atoms with Crippen molar-refractivity contribution >= 4 is 33.8 Å². The van der Waals surface area contributed by atoms with Gasteiger partial charge in [0.25, 0.3) is 0 Å². The van der Waals surface area contributed by atoms with Gasteiger partial charge < -0.3 is 0 Å². The average molecular weight is 293 g/mol. The van der Waals surface area contributed by atoms with Crippen molar-refractivity contribution in [2.45, 2.75) is 44.6 Å². The first kappa shape index (κ1) is 15.0. The molecule has 0 spiro atoms. The molecule has 0 amide bonds. The minimum atomic E-state index is -3.00. The van der Waals surface area contributed by atoms with Gasteiger partial charge >= 0.3 is 0 Å². The fourth-order valence-corrected chi connectivity index (χ4v) is 4.83. The highest BCUT2D eigenvalue weighted by Crippen LogP contribution is 2.27. The van der Waals surface area contributed by atoms with Crippen molar-refractivity contribution in [1.29, 1.82) is 0 Å². The van der Waals surface area contributed by atoms with Gasteiger partial charge in [-0.25, -0.2) is 13.4 Å². The molecule has 0 fully saturated rings. The maximum absolute atomic E-state index is 11.7.